The van der Waals surface area contributed by atoms with E-state index in [4.69, 9.17) is 4.74 Å². The average Bonchev–Trinajstić information content (AvgIpc) is 2.85. The van der Waals surface area contributed by atoms with Crippen molar-refractivity contribution in [2.24, 2.45) is 0 Å². The fourth-order valence-electron chi connectivity index (χ4n) is 3.86. The molecule has 0 spiro atoms. The van der Waals surface area contributed by atoms with Gasteiger partial charge in [-0.2, -0.15) is 0 Å². The predicted octanol–water partition coefficient (Wildman–Crippen LogP) is 3.95. The van der Waals surface area contributed by atoms with E-state index in [0.717, 1.165) is 19.3 Å². The maximum absolute atomic E-state index is 13.9. The minimum atomic E-state index is -0.523. The number of nitrogens with zero attached hydrogens (tertiary/aromatic N) is 4. The van der Waals surface area contributed by atoms with Crippen molar-refractivity contribution in [2.75, 3.05) is 19.0 Å². The summed E-state index contributed by atoms with van der Waals surface area (Å²) < 4.78 is 18.9. The predicted molar refractivity (Wildman–Crippen MR) is 120 cm³/mol. The van der Waals surface area contributed by atoms with Gasteiger partial charge in [0.1, 0.15) is 5.82 Å². The molecule has 4 rings (SSSR count). The number of anilines is 1. The van der Waals surface area contributed by atoms with Crippen LogP contribution in [0.25, 0.3) is 0 Å². The average molecular weight is 449 g/mol. The number of hydrogen-bond acceptors (Lipinski definition) is 6. The highest BCUT2D eigenvalue weighted by Gasteiger charge is 2.31. The quantitative estimate of drug-likeness (QED) is 0.634. The van der Waals surface area contributed by atoms with Crippen LogP contribution in [-0.2, 0) is 0 Å². The smallest absolute Gasteiger partial charge is 0.259 e. The number of methoxy groups -OCH3 is 1. The summed E-state index contributed by atoms with van der Waals surface area (Å²) in [5.41, 5.74) is 1.25. The summed E-state index contributed by atoms with van der Waals surface area (Å²) in [6, 6.07) is 8.96. The molecule has 1 aromatic carbocycles. The van der Waals surface area contributed by atoms with Crippen molar-refractivity contribution in [1.82, 2.24) is 19.9 Å². The molecule has 33 heavy (non-hydrogen) atoms. The van der Waals surface area contributed by atoms with Crippen molar-refractivity contribution >= 4 is 17.5 Å². The van der Waals surface area contributed by atoms with Crippen molar-refractivity contribution in [2.45, 2.75) is 32.2 Å². The van der Waals surface area contributed by atoms with E-state index in [2.05, 4.69) is 20.3 Å². The number of likely N-dealkylation sites (tertiary alicyclic amines) is 1. The molecule has 8 nitrogen and oxygen atoms in total. The number of nitrogens with one attached hydrogen (secondary N) is 1. The number of piperidine rings is 1. The Morgan fingerprint density at radius 3 is 2.64 bits per heavy atom. The van der Waals surface area contributed by atoms with E-state index >= 15 is 0 Å². The number of ether oxygens (including phenoxy) is 1. The molecule has 0 aliphatic carbocycles. The van der Waals surface area contributed by atoms with Gasteiger partial charge < -0.3 is 15.0 Å². The Labute approximate surface area is 190 Å². The Morgan fingerprint density at radius 2 is 1.94 bits per heavy atom. The molecule has 1 saturated heterocycles. The summed E-state index contributed by atoms with van der Waals surface area (Å²) in [7, 11) is 1.52. The van der Waals surface area contributed by atoms with Crippen molar-refractivity contribution in [3.63, 3.8) is 0 Å². The molecular formula is C24H24FN5O3. The van der Waals surface area contributed by atoms with Gasteiger partial charge in [-0.05, 0) is 44.4 Å². The maximum atomic E-state index is 13.9. The van der Waals surface area contributed by atoms with E-state index < -0.39 is 11.7 Å². The Bertz CT molecular complexity index is 1170. The maximum Gasteiger partial charge on any atom is 0.259 e. The summed E-state index contributed by atoms with van der Waals surface area (Å²) >= 11 is 0. The van der Waals surface area contributed by atoms with Gasteiger partial charge >= 0.3 is 0 Å². The van der Waals surface area contributed by atoms with Gasteiger partial charge in [-0.25, -0.2) is 19.3 Å². The number of aryl methyl sites for hydroxylation is 1. The highest BCUT2D eigenvalue weighted by Crippen LogP contribution is 2.30. The van der Waals surface area contributed by atoms with Crippen LogP contribution in [0.4, 0.5) is 10.1 Å². The van der Waals surface area contributed by atoms with Gasteiger partial charge in [-0.1, -0.05) is 12.1 Å². The van der Waals surface area contributed by atoms with E-state index in [-0.39, 0.29) is 23.2 Å². The summed E-state index contributed by atoms with van der Waals surface area (Å²) in [5.74, 6) is -0.262. The molecule has 170 valence electrons. The third kappa shape index (κ3) is 4.82. The Balaban J connectivity index is 1.55. The molecule has 2 aromatic heterocycles. The van der Waals surface area contributed by atoms with Crippen LogP contribution in [0.1, 0.15) is 57.5 Å². The molecule has 0 saturated carbocycles. The Morgan fingerprint density at radius 1 is 1.12 bits per heavy atom. The van der Waals surface area contributed by atoms with Crippen LogP contribution in [-0.4, -0.2) is 45.3 Å². The van der Waals surface area contributed by atoms with Crippen molar-refractivity contribution in [1.29, 1.82) is 0 Å². The van der Waals surface area contributed by atoms with Gasteiger partial charge in [0.05, 0.1) is 35.7 Å². The van der Waals surface area contributed by atoms with Crippen LogP contribution >= 0.6 is 0 Å². The lowest BCUT2D eigenvalue weighted by Gasteiger charge is -2.35. The monoisotopic (exact) mass is 449 g/mol. The zero-order valence-electron chi connectivity index (χ0n) is 18.4. The second-order valence-corrected chi connectivity index (χ2v) is 7.76. The SMILES string of the molecule is COc1ccc(C(=O)N2CCCC[C@H]2c2ncc(C(=O)Nc3ccccc3F)c(C)n2)cn1. The van der Waals surface area contributed by atoms with Crippen LogP contribution in [0, 0.1) is 12.7 Å². The minimum absolute atomic E-state index is 0.0862. The van der Waals surface area contributed by atoms with Crippen LogP contribution in [0.5, 0.6) is 5.88 Å². The van der Waals surface area contributed by atoms with Crippen LogP contribution in [0.2, 0.25) is 0 Å². The number of carbonyl (C=O) groups is 2. The fourth-order valence-corrected chi connectivity index (χ4v) is 3.86. The van der Waals surface area contributed by atoms with E-state index in [1.807, 2.05) is 0 Å². The number of halogens is 1. The zero-order chi connectivity index (χ0) is 23.4. The summed E-state index contributed by atoms with van der Waals surface area (Å²) in [4.78, 5) is 40.6. The van der Waals surface area contributed by atoms with Crippen LogP contribution in [0.15, 0.2) is 48.8 Å². The Hall–Kier alpha value is -3.88. The number of benzene rings is 1. The molecule has 1 aliphatic heterocycles. The first-order valence-corrected chi connectivity index (χ1v) is 10.7. The first-order valence-electron chi connectivity index (χ1n) is 10.7. The number of aromatic nitrogens is 3. The lowest BCUT2D eigenvalue weighted by molar-refractivity contribution is 0.0598. The largest absolute Gasteiger partial charge is 0.481 e. The molecule has 3 aromatic rings. The molecular weight excluding hydrogens is 425 g/mol. The van der Waals surface area contributed by atoms with E-state index in [1.54, 1.807) is 36.1 Å². The van der Waals surface area contributed by atoms with Crippen LogP contribution in [0.3, 0.4) is 0 Å². The van der Waals surface area contributed by atoms with E-state index in [0.29, 0.717) is 29.5 Å². The molecule has 0 radical (unpaired) electrons. The molecule has 1 atom stereocenters. The van der Waals surface area contributed by atoms with Gasteiger partial charge in [0.15, 0.2) is 5.82 Å². The third-order valence-electron chi connectivity index (χ3n) is 5.62. The van der Waals surface area contributed by atoms with E-state index in [9.17, 15) is 14.0 Å². The first-order chi connectivity index (χ1) is 16.0. The summed E-state index contributed by atoms with van der Waals surface area (Å²) in [6.07, 6.45) is 5.46. The van der Waals surface area contributed by atoms with Gasteiger partial charge in [0.25, 0.3) is 11.8 Å². The second-order valence-electron chi connectivity index (χ2n) is 7.76. The highest BCUT2D eigenvalue weighted by molar-refractivity contribution is 6.04. The van der Waals surface area contributed by atoms with Gasteiger partial charge in [0, 0.05) is 25.0 Å². The minimum Gasteiger partial charge on any atom is -0.481 e. The van der Waals surface area contributed by atoms with Gasteiger partial charge in [0.2, 0.25) is 5.88 Å². The number of hydrogen-bond donors (Lipinski definition) is 1. The van der Waals surface area contributed by atoms with E-state index in [1.165, 1.54) is 31.6 Å². The third-order valence-corrected chi connectivity index (χ3v) is 5.62. The number of carbonyl (C=O) groups excluding carboxylic acids is 2. The van der Waals surface area contributed by atoms with Crippen molar-refractivity contribution in [3.05, 3.63) is 77.3 Å². The van der Waals surface area contributed by atoms with Crippen molar-refractivity contribution < 1.29 is 18.7 Å². The lowest BCUT2D eigenvalue weighted by atomic mass is 10.00. The number of rotatable bonds is 5. The Kier molecular flexibility index (Phi) is 6.58. The number of amides is 2. The molecule has 1 N–H and O–H groups in total. The fraction of sp³-hybridized carbons (Fsp3) is 0.292. The standard InChI is InChI=1S/C24H24FN5O3/c1-15-17(23(31)29-19-8-4-3-7-18(19)25)14-27-22(28-15)20-9-5-6-12-30(20)24(32)16-10-11-21(33-2)26-13-16/h3-4,7-8,10-11,13-14,20H,5-6,9,12H2,1-2H3,(H,29,31)/t20-/m0/s1. The number of pyridine rings is 1. The molecule has 3 heterocycles. The molecule has 2 amide bonds. The van der Waals surface area contributed by atoms with Crippen molar-refractivity contribution in [3.8, 4) is 5.88 Å². The van der Waals surface area contributed by atoms with Gasteiger partial charge in [-0.3, -0.25) is 9.59 Å². The lowest BCUT2D eigenvalue weighted by Crippen LogP contribution is -2.39. The number of para-hydroxylation sites is 1. The second kappa shape index (κ2) is 9.72. The topological polar surface area (TPSA) is 97.3 Å². The molecule has 9 heteroatoms. The summed E-state index contributed by atoms with van der Waals surface area (Å²) in [6.45, 7) is 2.28. The molecule has 1 fully saturated rings. The van der Waals surface area contributed by atoms with Gasteiger partial charge in [-0.15, -0.1) is 0 Å². The first kappa shape index (κ1) is 22.3. The molecule has 0 bridgehead atoms. The normalized spacial score (nSPS) is 15.7. The van der Waals surface area contributed by atoms with Crippen LogP contribution < -0.4 is 10.1 Å². The molecule has 1 aliphatic rings. The molecule has 0 unspecified atom stereocenters. The summed E-state index contributed by atoms with van der Waals surface area (Å²) in [5, 5.41) is 2.55. The zero-order valence-corrected chi connectivity index (χ0v) is 18.4. The highest BCUT2D eigenvalue weighted by atomic mass is 19.1.